The first-order valence-electron chi connectivity index (χ1n) is 5.54. The number of rotatable bonds is 4. The second kappa shape index (κ2) is 6.99. The number of alkyl halides is 1. The molecule has 1 heterocycles. The zero-order valence-electron chi connectivity index (χ0n) is 10.1. The predicted octanol–water partition coefficient (Wildman–Crippen LogP) is 4.53. The van der Waals surface area contributed by atoms with E-state index in [0.717, 1.165) is 16.6 Å². The van der Waals surface area contributed by atoms with Crippen molar-refractivity contribution in [3.8, 4) is 5.88 Å². The summed E-state index contributed by atoms with van der Waals surface area (Å²) < 4.78 is 7.41. The summed E-state index contributed by atoms with van der Waals surface area (Å²) in [5.41, 5.74) is 2.19. The second-order valence-corrected chi connectivity index (χ2v) is 7.07. The van der Waals surface area contributed by atoms with Crippen LogP contribution in [0.25, 0.3) is 0 Å². The molecule has 0 radical (unpaired) electrons. The Morgan fingerprint density at radius 3 is 2.84 bits per heavy atom. The Labute approximate surface area is 142 Å². The van der Waals surface area contributed by atoms with Crippen LogP contribution in [0, 0.1) is 3.57 Å². The van der Waals surface area contributed by atoms with Gasteiger partial charge in [-0.3, -0.25) is 0 Å². The maximum absolute atomic E-state index is 5.11. The number of halogens is 3. The molecule has 100 valence electrons. The first kappa shape index (κ1) is 15.2. The predicted molar refractivity (Wildman–Crippen MR) is 90.8 cm³/mol. The Bertz CT molecular complexity index is 580. The van der Waals surface area contributed by atoms with E-state index in [4.69, 9.17) is 4.74 Å². The van der Waals surface area contributed by atoms with Gasteiger partial charge in [0.1, 0.15) is 6.33 Å². The van der Waals surface area contributed by atoms with Crippen molar-refractivity contribution in [3.63, 3.8) is 0 Å². The van der Waals surface area contributed by atoms with E-state index in [-0.39, 0.29) is 4.83 Å². The van der Waals surface area contributed by atoms with E-state index >= 15 is 0 Å². The summed E-state index contributed by atoms with van der Waals surface area (Å²) in [6.45, 7) is 0. The summed E-state index contributed by atoms with van der Waals surface area (Å²) in [5, 5.41) is 0. The lowest BCUT2D eigenvalue weighted by Gasteiger charge is -2.12. The molecule has 1 unspecified atom stereocenters. The van der Waals surface area contributed by atoms with E-state index in [1.807, 2.05) is 12.1 Å². The molecule has 19 heavy (non-hydrogen) atoms. The highest BCUT2D eigenvalue weighted by Crippen LogP contribution is 2.32. The SMILES string of the molecule is COc1cc(CC(Br)c2cc(Br)ccc2I)ncn1. The Morgan fingerprint density at radius 1 is 1.32 bits per heavy atom. The minimum Gasteiger partial charge on any atom is -0.481 e. The molecule has 6 heteroatoms. The Morgan fingerprint density at radius 2 is 2.11 bits per heavy atom. The number of nitrogens with zero attached hydrogens (tertiary/aromatic N) is 2. The van der Waals surface area contributed by atoms with Crippen molar-refractivity contribution < 1.29 is 4.74 Å². The molecule has 1 atom stereocenters. The normalized spacial score (nSPS) is 12.2. The van der Waals surface area contributed by atoms with Gasteiger partial charge in [-0.25, -0.2) is 9.97 Å². The van der Waals surface area contributed by atoms with Gasteiger partial charge in [-0.2, -0.15) is 0 Å². The van der Waals surface area contributed by atoms with Crippen molar-refractivity contribution in [1.29, 1.82) is 0 Å². The van der Waals surface area contributed by atoms with Crippen molar-refractivity contribution in [2.45, 2.75) is 11.2 Å². The molecule has 0 aliphatic carbocycles. The monoisotopic (exact) mass is 496 g/mol. The molecule has 0 aliphatic heterocycles. The minimum absolute atomic E-state index is 0.205. The fourth-order valence-corrected chi connectivity index (χ4v) is 3.88. The Hall–Kier alpha value is -0.210. The van der Waals surface area contributed by atoms with E-state index in [0.29, 0.717) is 5.88 Å². The first-order chi connectivity index (χ1) is 9.10. The summed E-state index contributed by atoms with van der Waals surface area (Å²) in [5.74, 6) is 0.591. The van der Waals surface area contributed by atoms with Crippen molar-refractivity contribution in [3.05, 3.63) is 49.9 Å². The molecule has 3 nitrogen and oxygen atoms in total. The van der Waals surface area contributed by atoms with Gasteiger partial charge in [0, 0.05) is 31.1 Å². The van der Waals surface area contributed by atoms with E-state index < -0.39 is 0 Å². The molecular weight excluding hydrogens is 487 g/mol. The number of hydrogen-bond donors (Lipinski definition) is 0. The molecule has 2 rings (SSSR count). The number of benzene rings is 1. The van der Waals surface area contributed by atoms with E-state index in [9.17, 15) is 0 Å². The van der Waals surface area contributed by atoms with Crippen LogP contribution in [0.4, 0.5) is 0 Å². The lowest BCUT2D eigenvalue weighted by atomic mass is 10.1. The van der Waals surface area contributed by atoms with Crippen LogP contribution in [-0.2, 0) is 6.42 Å². The third kappa shape index (κ3) is 4.13. The van der Waals surface area contributed by atoms with E-state index in [1.54, 1.807) is 7.11 Å². The summed E-state index contributed by atoms with van der Waals surface area (Å²) in [6.07, 6.45) is 2.31. The van der Waals surface area contributed by atoms with Crippen LogP contribution in [-0.4, -0.2) is 17.1 Å². The smallest absolute Gasteiger partial charge is 0.216 e. The molecule has 0 saturated carbocycles. The van der Waals surface area contributed by atoms with Crippen LogP contribution in [0.3, 0.4) is 0 Å². The molecule has 0 amide bonds. The van der Waals surface area contributed by atoms with Crippen molar-refractivity contribution in [2.24, 2.45) is 0 Å². The van der Waals surface area contributed by atoms with Gasteiger partial charge >= 0.3 is 0 Å². The topological polar surface area (TPSA) is 35.0 Å². The Kier molecular flexibility index (Phi) is 5.58. The highest BCUT2D eigenvalue weighted by Gasteiger charge is 2.13. The van der Waals surface area contributed by atoms with Crippen molar-refractivity contribution in [2.75, 3.05) is 7.11 Å². The maximum Gasteiger partial charge on any atom is 0.216 e. The average molecular weight is 498 g/mol. The molecule has 0 bridgehead atoms. The minimum atomic E-state index is 0.205. The number of methoxy groups -OCH3 is 1. The second-order valence-electron chi connectivity index (χ2n) is 3.89. The van der Waals surface area contributed by atoms with Crippen LogP contribution < -0.4 is 4.74 Å². The van der Waals surface area contributed by atoms with Gasteiger partial charge in [-0.05, 0) is 46.4 Å². The zero-order valence-corrected chi connectivity index (χ0v) is 15.4. The molecule has 0 saturated heterocycles. The zero-order chi connectivity index (χ0) is 13.8. The molecule has 1 aromatic carbocycles. The fraction of sp³-hybridized carbons (Fsp3) is 0.231. The van der Waals surface area contributed by atoms with Gasteiger partial charge < -0.3 is 4.74 Å². The van der Waals surface area contributed by atoms with Crippen LogP contribution >= 0.6 is 54.5 Å². The lowest BCUT2D eigenvalue weighted by Crippen LogP contribution is -2.01. The maximum atomic E-state index is 5.11. The lowest BCUT2D eigenvalue weighted by molar-refractivity contribution is 0.396. The molecule has 0 N–H and O–H groups in total. The summed E-state index contributed by atoms with van der Waals surface area (Å²) in [6, 6.07) is 8.12. The quantitative estimate of drug-likeness (QED) is 0.460. The van der Waals surface area contributed by atoms with Crippen molar-refractivity contribution in [1.82, 2.24) is 9.97 Å². The van der Waals surface area contributed by atoms with Crippen LogP contribution in [0.2, 0.25) is 0 Å². The third-order valence-corrected chi connectivity index (χ3v) is 4.88. The van der Waals surface area contributed by atoms with Crippen LogP contribution in [0.1, 0.15) is 16.1 Å². The molecule has 0 fully saturated rings. The van der Waals surface area contributed by atoms with Crippen LogP contribution in [0.5, 0.6) is 5.88 Å². The molecule has 0 aliphatic rings. The largest absolute Gasteiger partial charge is 0.481 e. The highest BCUT2D eigenvalue weighted by molar-refractivity contribution is 14.1. The van der Waals surface area contributed by atoms with Gasteiger partial charge in [-0.1, -0.05) is 31.9 Å². The Balaban J connectivity index is 2.20. The fourth-order valence-electron chi connectivity index (χ4n) is 1.65. The van der Waals surface area contributed by atoms with Gasteiger partial charge in [-0.15, -0.1) is 0 Å². The molecule has 1 aromatic heterocycles. The van der Waals surface area contributed by atoms with E-state index in [1.165, 1.54) is 15.5 Å². The number of ether oxygens (including phenoxy) is 1. The molecule has 2 aromatic rings. The van der Waals surface area contributed by atoms with Gasteiger partial charge in [0.2, 0.25) is 5.88 Å². The average Bonchev–Trinajstić information content (AvgIpc) is 2.41. The standard InChI is InChI=1S/C13H11Br2IN2O/c1-19-13-6-9(17-7-18-13)5-11(15)10-4-8(14)2-3-12(10)16/h2-4,6-7,11H,5H2,1H3. The third-order valence-electron chi connectivity index (χ3n) is 2.59. The van der Waals surface area contributed by atoms with Gasteiger partial charge in [0.25, 0.3) is 0 Å². The number of aromatic nitrogens is 2. The van der Waals surface area contributed by atoms with Gasteiger partial charge in [0.05, 0.1) is 7.11 Å². The summed E-state index contributed by atoms with van der Waals surface area (Å²) in [4.78, 5) is 8.49. The molecule has 0 spiro atoms. The van der Waals surface area contributed by atoms with Crippen LogP contribution in [0.15, 0.2) is 35.1 Å². The van der Waals surface area contributed by atoms with Gasteiger partial charge in [0.15, 0.2) is 0 Å². The summed E-state index contributed by atoms with van der Waals surface area (Å²) in [7, 11) is 1.61. The van der Waals surface area contributed by atoms with Crippen molar-refractivity contribution >= 4 is 54.5 Å². The number of hydrogen-bond acceptors (Lipinski definition) is 3. The highest BCUT2D eigenvalue weighted by atomic mass is 127. The molecular formula is C13H11Br2IN2O. The first-order valence-corrected chi connectivity index (χ1v) is 8.33. The van der Waals surface area contributed by atoms with E-state index in [2.05, 4.69) is 76.6 Å². The summed E-state index contributed by atoms with van der Waals surface area (Å²) >= 11 is 9.57.